The van der Waals surface area contributed by atoms with E-state index in [1.165, 1.54) is 4.90 Å². The molecule has 0 N–H and O–H groups in total. The summed E-state index contributed by atoms with van der Waals surface area (Å²) in [7, 11) is 0.988. The maximum atomic E-state index is 13.3. The monoisotopic (exact) mass is 282 g/mol. The van der Waals surface area contributed by atoms with Crippen molar-refractivity contribution in [1.82, 2.24) is 9.88 Å². The average molecular weight is 282 g/mol. The fraction of sp³-hybridized carbons (Fsp3) is 0.545. The molecule has 3 nitrogen and oxygen atoms in total. The molecule has 1 aliphatic heterocycles. The molecule has 0 saturated carbocycles. The summed E-state index contributed by atoms with van der Waals surface area (Å²) in [5.74, 6) is -1.70. The van der Waals surface area contributed by atoms with Crippen molar-refractivity contribution in [2.75, 3.05) is 20.2 Å². The zero-order valence-electron chi connectivity index (χ0n) is 9.97. The van der Waals surface area contributed by atoms with Crippen molar-refractivity contribution in [3.05, 3.63) is 29.6 Å². The summed E-state index contributed by atoms with van der Waals surface area (Å²) in [5.41, 5.74) is -2.29. The lowest BCUT2D eigenvalue weighted by Crippen LogP contribution is -2.69. The number of aromatic nitrogens is 1. The first-order valence-corrected chi connectivity index (χ1v) is 5.41. The molecule has 106 valence electrons. The average Bonchev–Trinajstić information content (AvgIpc) is 2.23. The molecule has 1 aromatic rings. The van der Waals surface area contributed by atoms with Gasteiger partial charge in [-0.05, 0) is 0 Å². The van der Waals surface area contributed by atoms with Gasteiger partial charge in [0.25, 0.3) is 0 Å². The predicted octanol–water partition coefficient (Wildman–Crippen LogP) is 2.12. The Morgan fingerprint density at radius 3 is 2.47 bits per heavy atom. The maximum absolute atomic E-state index is 13.3. The van der Waals surface area contributed by atoms with Gasteiger partial charge in [0.2, 0.25) is 0 Å². The van der Waals surface area contributed by atoms with Gasteiger partial charge >= 0.3 is 6.18 Å². The molecule has 0 unspecified atom stereocenters. The van der Waals surface area contributed by atoms with Crippen LogP contribution in [0.2, 0.25) is 0 Å². The summed E-state index contributed by atoms with van der Waals surface area (Å²) >= 11 is 0. The van der Waals surface area contributed by atoms with Crippen molar-refractivity contribution in [2.24, 2.45) is 0 Å². The summed E-state index contributed by atoms with van der Waals surface area (Å²) < 4.78 is 68.6. The molecule has 1 aliphatic rings. The largest absolute Gasteiger partial charge is 0.419 e. The van der Waals surface area contributed by atoms with Crippen LogP contribution < -0.4 is 0 Å². The lowest BCUT2D eigenvalue weighted by Gasteiger charge is -2.49. The van der Waals surface area contributed by atoms with Crippen LogP contribution in [0.25, 0.3) is 0 Å². The third-order valence-corrected chi connectivity index (χ3v) is 3.12. The summed E-state index contributed by atoms with van der Waals surface area (Å²) in [5, 5.41) is 0. The third kappa shape index (κ3) is 2.55. The predicted molar refractivity (Wildman–Crippen MR) is 55.2 cm³/mol. The van der Waals surface area contributed by atoms with Gasteiger partial charge in [0, 0.05) is 32.8 Å². The SMILES string of the molecule is COC1(C(F)(F)F)CN(Cc2ncc(F)cc2F)C1. The minimum atomic E-state index is -4.48. The van der Waals surface area contributed by atoms with E-state index in [-0.39, 0.29) is 12.2 Å². The molecular formula is C11H11F5N2O. The van der Waals surface area contributed by atoms with Gasteiger partial charge in [-0.15, -0.1) is 0 Å². The molecule has 19 heavy (non-hydrogen) atoms. The van der Waals surface area contributed by atoms with Gasteiger partial charge in [-0.25, -0.2) is 8.78 Å². The molecule has 1 saturated heterocycles. The van der Waals surface area contributed by atoms with Gasteiger partial charge in [-0.1, -0.05) is 0 Å². The molecule has 0 amide bonds. The van der Waals surface area contributed by atoms with Crippen LogP contribution in [0.15, 0.2) is 12.3 Å². The van der Waals surface area contributed by atoms with Crippen molar-refractivity contribution >= 4 is 0 Å². The second-order valence-electron chi connectivity index (χ2n) is 4.42. The van der Waals surface area contributed by atoms with Crippen molar-refractivity contribution in [1.29, 1.82) is 0 Å². The Labute approximate surface area is 106 Å². The smallest absolute Gasteiger partial charge is 0.366 e. The molecule has 8 heteroatoms. The van der Waals surface area contributed by atoms with E-state index in [2.05, 4.69) is 9.72 Å². The summed E-state index contributed by atoms with van der Waals surface area (Å²) in [6.07, 6.45) is -3.65. The van der Waals surface area contributed by atoms with E-state index in [1.54, 1.807) is 0 Å². The third-order valence-electron chi connectivity index (χ3n) is 3.12. The van der Waals surface area contributed by atoms with Crippen LogP contribution >= 0.6 is 0 Å². The van der Waals surface area contributed by atoms with Crippen molar-refractivity contribution in [3.8, 4) is 0 Å². The Morgan fingerprint density at radius 2 is 2.00 bits per heavy atom. The van der Waals surface area contributed by atoms with Gasteiger partial charge in [-0.3, -0.25) is 9.88 Å². The quantitative estimate of drug-likeness (QED) is 0.794. The van der Waals surface area contributed by atoms with Gasteiger partial charge in [0.05, 0.1) is 11.9 Å². The van der Waals surface area contributed by atoms with E-state index in [0.717, 1.165) is 13.3 Å². The summed E-state index contributed by atoms with van der Waals surface area (Å²) in [6, 6.07) is 0.648. The number of rotatable bonds is 3. The van der Waals surface area contributed by atoms with E-state index in [4.69, 9.17) is 0 Å². The van der Waals surface area contributed by atoms with Crippen molar-refractivity contribution in [3.63, 3.8) is 0 Å². The van der Waals surface area contributed by atoms with E-state index in [1.807, 2.05) is 0 Å². The maximum Gasteiger partial charge on any atom is 0.419 e. The van der Waals surface area contributed by atoms with Gasteiger partial charge < -0.3 is 4.74 Å². The molecule has 0 radical (unpaired) electrons. The Morgan fingerprint density at radius 1 is 1.37 bits per heavy atom. The molecule has 2 rings (SSSR count). The lowest BCUT2D eigenvalue weighted by molar-refractivity contribution is -0.312. The minimum absolute atomic E-state index is 0.0896. The zero-order valence-corrected chi connectivity index (χ0v) is 9.97. The standard InChI is InChI=1S/C11H11F5N2O/c1-19-10(11(14,15)16)5-18(6-10)4-9-8(13)2-7(12)3-17-9/h2-3H,4-6H2,1H3. The highest BCUT2D eigenvalue weighted by Crippen LogP contribution is 2.40. The highest BCUT2D eigenvalue weighted by atomic mass is 19.4. The molecule has 0 atom stereocenters. The van der Waals surface area contributed by atoms with Crippen LogP contribution in [0.4, 0.5) is 22.0 Å². The second kappa shape index (κ2) is 4.68. The van der Waals surface area contributed by atoms with Crippen molar-refractivity contribution < 1.29 is 26.7 Å². The Bertz CT molecular complexity index is 471. The summed E-state index contributed by atoms with van der Waals surface area (Å²) in [6.45, 7) is -0.912. The number of methoxy groups -OCH3 is 1. The Balaban J connectivity index is 2.01. The van der Waals surface area contributed by atoms with Gasteiger partial charge in [0.15, 0.2) is 5.60 Å². The molecule has 2 heterocycles. The number of alkyl halides is 3. The number of nitrogens with zero attached hydrogens (tertiary/aromatic N) is 2. The fourth-order valence-electron chi connectivity index (χ4n) is 1.98. The number of hydrogen-bond donors (Lipinski definition) is 0. The Hall–Kier alpha value is -1.28. The number of pyridine rings is 1. The molecular weight excluding hydrogens is 271 g/mol. The molecule has 0 bridgehead atoms. The van der Waals surface area contributed by atoms with Crippen LogP contribution in [0.3, 0.4) is 0 Å². The van der Waals surface area contributed by atoms with E-state index in [9.17, 15) is 22.0 Å². The highest BCUT2D eigenvalue weighted by molar-refractivity contribution is 5.11. The second-order valence-corrected chi connectivity index (χ2v) is 4.42. The first-order valence-electron chi connectivity index (χ1n) is 5.41. The number of halogens is 5. The van der Waals surface area contributed by atoms with E-state index in [0.29, 0.717) is 6.07 Å². The van der Waals surface area contributed by atoms with Gasteiger partial charge in [-0.2, -0.15) is 13.2 Å². The molecule has 0 aliphatic carbocycles. The van der Waals surface area contributed by atoms with Gasteiger partial charge in [0.1, 0.15) is 11.6 Å². The zero-order chi connectivity index (χ0) is 14.3. The molecule has 1 fully saturated rings. The topological polar surface area (TPSA) is 25.4 Å². The van der Waals surface area contributed by atoms with Crippen LogP contribution in [-0.2, 0) is 11.3 Å². The fourth-order valence-corrected chi connectivity index (χ4v) is 1.98. The summed E-state index contributed by atoms with van der Waals surface area (Å²) in [4.78, 5) is 4.86. The van der Waals surface area contributed by atoms with Crippen molar-refractivity contribution in [2.45, 2.75) is 18.3 Å². The van der Waals surface area contributed by atoms with Crippen LogP contribution in [0.1, 0.15) is 5.69 Å². The Kier molecular flexibility index (Phi) is 3.48. The van der Waals surface area contributed by atoms with E-state index < -0.39 is 36.5 Å². The number of likely N-dealkylation sites (tertiary alicyclic amines) is 1. The van der Waals surface area contributed by atoms with Crippen LogP contribution in [0.5, 0.6) is 0 Å². The number of ether oxygens (including phenoxy) is 1. The van der Waals surface area contributed by atoms with E-state index >= 15 is 0 Å². The molecule has 0 aromatic carbocycles. The highest BCUT2D eigenvalue weighted by Gasteiger charge is 2.62. The first kappa shape index (κ1) is 14.1. The lowest BCUT2D eigenvalue weighted by atomic mass is 9.93. The normalized spacial score (nSPS) is 19.3. The van der Waals surface area contributed by atoms with Crippen LogP contribution in [-0.4, -0.2) is 41.9 Å². The first-order chi connectivity index (χ1) is 8.77. The molecule has 0 spiro atoms. The number of hydrogen-bond acceptors (Lipinski definition) is 3. The van der Waals surface area contributed by atoms with Crippen LogP contribution in [0, 0.1) is 11.6 Å². The molecule has 1 aromatic heterocycles. The minimum Gasteiger partial charge on any atom is -0.366 e.